The third-order valence-corrected chi connectivity index (χ3v) is 4.34. The molecule has 8 heteroatoms. The number of benzene rings is 2. The lowest BCUT2D eigenvalue weighted by Gasteiger charge is -2.13. The number of aromatic nitrogens is 2. The van der Waals surface area contributed by atoms with Gasteiger partial charge in [-0.3, -0.25) is 0 Å². The normalized spacial score (nSPS) is 10.3. The molecule has 0 fully saturated rings. The fourth-order valence-corrected chi connectivity index (χ4v) is 2.76. The Bertz CT molecular complexity index is 1020. The quantitative estimate of drug-likeness (QED) is 0.640. The summed E-state index contributed by atoms with van der Waals surface area (Å²) in [4.78, 5) is 7.99. The van der Waals surface area contributed by atoms with Crippen molar-refractivity contribution in [2.45, 2.75) is 6.61 Å². The summed E-state index contributed by atoms with van der Waals surface area (Å²) in [5.41, 5.74) is 13.6. The molecule has 0 aliphatic heterocycles. The van der Waals surface area contributed by atoms with Crippen LogP contribution in [0.1, 0.15) is 11.1 Å². The highest BCUT2D eigenvalue weighted by atomic mass is 79.9. The maximum atomic E-state index is 9.39. The minimum absolute atomic E-state index is 0.00495. The van der Waals surface area contributed by atoms with Crippen LogP contribution in [0.3, 0.4) is 0 Å². The number of nitrogen functional groups attached to an aromatic ring is 2. The zero-order valence-corrected chi connectivity index (χ0v) is 16.0. The van der Waals surface area contributed by atoms with E-state index in [2.05, 4.69) is 25.9 Å². The molecule has 1 aromatic heterocycles. The molecule has 0 saturated heterocycles. The first kappa shape index (κ1) is 18.5. The first-order valence-electron chi connectivity index (χ1n) is 7.90. The van der Waals surface area contributed by atoms with Gasteiger partial charge in [0.15, 0.2) is 11.5 Å². The minimum atomic E-state index is -0.00495. The van der Waals surface area contributed by atoms with Crippen molar-refractivity contribution in [1.82, 2.24) is 9.97 Å². The van der Waals surface area contributed by atoms with Crippen LogP contribution in [0.15, 0.2) is 46.9 Å². The molecule has 0 amide bonds. The number of ether oxygens (including phenoxy) is 2. The lowest BCUT2D eigenvalue weighted by Crippen LogP contribution is -2.05. The molecule has 27 heavy (non-hydrogen) atoms. The zero-order valence-electron chi connectivity index (χ0n) is 14.4. The Morgan fingerprint density at radius 3 is 2.48 bits per heavy atom. The van der Waals surface area contributed by atoms with Gasteiger partial charge in [-0.2, -0.15) is 10.2 Å². The van der Waals surface area contributed by atoms with E-state index in [-0.39, 0.29) is 17.3 Å². The van der Waals surface area contributed by atoms with Gasteiger partial charge in [-0.15, -0.1) is 0 Å². The van der Waals surface area contributed by atoms with E-state index in [9.17, 15) is 5.26 Å². The molecule has 0 aliphatic carbocycles. The predicted molar refractivity (Wildman–Crippen MR) is 106 cm³/mol. The first-order valence-corrected chi connectivity index (χ1v) is 8.70. The predicted octanol–water partition coefficient (Wildman–Crippen LogP) is 3.53. The van der Waals surface area contributed by atoms with E-state index < -0.39 is 0 Å². The molecule has 1 heterocycles. The molecule has 0 spiro atoms. The average Bonchev–Trinajstić information content (AvgIpc) is 2.66. The first-order chi connectivity index (χ1) is 13.0. The van der Waals surface area contributed by atoms with Gasteiger partial charge in [0.05, 0.1) is 12.8 Å². The van der Waals surface area contributed by atoms with Crippen molar-refractivity contribution < 1.29 is 9.47 Å². The Hall–Kier alpha value is -3.31. The summed E-state index contributed by atoms with van der Waals surface area (Å²) in [6, 6.07) is 15.1. The summed E-state index contributed by atoms with van der Waals surface area (Å²) in [5.74, 6) is 1.10. The highest BCUT2D eigenvalue weighted by molar-refractivity contribution is 9.10. The third-order valence-electron chi connectivity index (χ3n) is 3.81. The Morgan fingerprint density at radius 1 is 1.07 bits per heavy atom. The maximum absolute atomic E-state index is 9.39. The third kappa shape index (κ3) is 4.10. The van der Waals surface area contributed by atoms with E-state index in [1.807, 2.05) is 30.3 Å². The van der Waals surface area contributed by atoms with Crippen LogP contribution in [-0.2, 0) is 6.61 Å². The van der Waals surface area contributed by atoms with Crippen LogP contribution in [0.2, 0.25) is 0 Å². The molecule has 0 atom stereocenters. The summed E-state index contributed by atoms with van der Waals surface area (Å²) in [6.45, 7) is 0.353. The molecule has 136 valence electrons. The number of nitriles is 1. The smallest absolute Gasteiger partial charge is 0.222 e. The fraction of sp³-hybridized carbons (Fsp3) is 0.105. The van der Waals surface area contributed by atoms with E-state index in [0.29, 0.717) is 29.4 Å². The maximum Gasteiger partial charge on any atom is 0.222 e. The van der Waals surface area contributed by atoms with Crippen molar-refractivity contribution in [1.29, 1.82) is 5.26 Å². The molecule has 7 nitrogen and oxygen atoms in total. The summed E-state index contributed by atoms with van der Waals surface area (Å²) < 4.78 is 12.3. The number of methoxy groups -OCH3 is 1. The van der Waals surface area contributed by atoms with Crippen LogP contribution in [0.4, 0.5) is 11.8 Å². The van der Waals surface area contributed by atoms with Crippen molar-refractivity contribution in [2.75, 3.05) is 18.6 Å². The Kier molecular flexibility index (Phi) is 5.43. The van der Waals surface area contributed by atoms with Crippen molar-refractivity contribution in [3.63, 3.8) is 0 Å². The summed E-state index contributed by atoms with van der Waals surface area (Å²) in [5, 5.41) is 9.39. The topological polar surface area (TPSA) is 120 Å². The van der Waals surface area contributed by atoms with Crippen molar-refractivity contribution >= 4 is 27.7 Å². The summed E-state index contributed by atoms with van der Waals surface area (Å²) >= 11 is 3.41. The number of rotatable bonds is 5. The van der Waals surface area contributed by atoms with Crippen molar-refractivity contribution in [2.24, 2.45) is 0 Å². The van der Waals surface area contributed by atoms with E-state index >= 15 is 0 Å². The lowest BCUT2D eigenvalue weighted by molar-refractivity contribution is 0.284. The van der Waals surface area contributed by atoms with Crippen molar-refractivity contribution in [3.8, 4) is 28.8 Å². The molecule has 4 N–H and O–H groups in total. The molecule has 2 aromatic carbocycles. The molecule has 0 aliphatic rings. The Balaban J connectivity index is 1.97. The standard InChI is InChI=1S/C19H16BrN5O2/c1-26-15-7-4-12(17-14(9-21)18(22)25-19(23)24-17)8-16(15)27-10-11-2-5-13(20)6-3-11/h2-8H,10H2,1H3,(H4,22,23,24,25). The molecule has 3 aromatic rings. The van der Waals surface area contributed by atoms with Crippen LogP contribution in [0, 0.1) is 11.3 Å². The molecule has 0 saturated carbocycles. The number of nitrogens with zero attached hydrogens (tertiary/aromatic N) is 3. The van der Waals surface area contributed by atoms with Gasteiger partial charge in [0, 0.05) is 10.0 Å². The van der Waals surface area contributed by atoms with E-state index in [1.54, 1.807) is 25.3 Å². The summed E-state index contributed by atoms with van der Waals surface area (Å²) in [7, 11) is 1.56. The van der Waals surface area contributed by atoms with Crippen LogP contribution < -0.4 is 20.9 Å². The molecular weight excluding hydrogens is 410 g/mol. The van der Waals surface area contributed by atoms with E-state index in [4.69, 9.17) is 20.9 Å². The number of nitrogens with two attached hydrogens (primary N) is 2. The molecule has 0 bridgehead atoms. The highest BCUT2D eigenvalue weighted by Crippen LogP contribution is 2.34. The van der Waals surface area contributed by atoms with Crippen LogP contribution in [0.25, 0.3) is 11.3 Å². The van der Waals surface area contributed by atoms with E-state index in [0.717, 1.165) is 10.0 Å². The highest BCUT2D eigenvalue weighted by Gasteiger charge is 2.15. The largest absolute Gasteiger partial charge is 0.493 e. The molecule has 0 unspecified atom stereocenters. The van der Waals surface area contributed by atoms with Gasteiger partial charge in [-0.25, -0.2) is 4.98 Å². The minimum Gasteiger partial charge on any atom is -0.493 e. The van der Waals surface area contributed by atoms with Gasteiger partial charge in [-0.05, 0) is 35.9 Å². The average molecular weight is 426 g/mol. The van der Waals surface area contributed by atoms with Gasteiger partial charge in [-0.1, -0.05) is 28.1 Å². The van der Waals surface area contributed by atoms with Gasteiger partial charge in [0.1, 0.15) is 24.1 Å². The second-order valence-corrected chi connectivity index (χ2v) is 6.50. The fourth-order valence-electron chi connectivity index (χ4n) is 2.49. The number of hydrogen-bond donors (Lipinski definition) is 2. The molecule has 3 rings (SSSR count). The SMILES string of the molecule is COc1ccc(-c2nc(N)nc(N)c2C#N)cc1OCc1ccc(Br)cc1. The molecular formula is C19H16BrN5O2. The molecule has 0 radical (unpaired) electrons. The monoisotopic (exact) mass is 425 g/mol. The number of halogens is 1. The van der Waals surface area contributed by atoms with Gasteiger partial charge >= 0.3 is 0 Å². The van der Waals surface area contributed by atoms with Gasteiger partial charge in [0.25, 0.3) is 0 Å². The summed E-state index contributed by atoms with van der Waals surface area (Å²) in [6.07, 6.45) is 0. The van der Waals surface area contributed by atoms with Crippen LogP contribution in [0.5, 0.6) is 11.5 Å². The van der Waals surface area contributed by atoms with Gasteiger partial charge < -0.3 is 20.9 Å². The second kappa shape index (κ2) is 7.93. The number of hydrogen-bond acceptors (Lipinski definition) is 7. The second-order valence-electron chi connectivity index (χ2n) is 5.58. The Labute approximate surface area is 164 Å². The van der Waals surface area contributed by atoms with E-state index in [1.165, 1.54) is 0 Å². The van der Waals surface area contributed by atoms with Crippen LogP contribution in [-0.4, -0.2) is 17.1 Å². The van der Waals surface area contributed by atoms with Gasteiger partial charge in [0.2, 0.25) is 5.95 Å². The van der Waals surface area contributed by atoms with Crippen LogP contribution >= 0.6 is 15.9 Å². The zero-order chi connectivity index (χ0) is 19.4. The number of anilines is 2. The lowest BCUT2D eigenvalue weighted by atomic mass is 10.1. The Morgan fingerprint density at radius 2 is 1.81 bits per heavy atom. The van der Waals surface area contributed by atoms with Crippen molar-refractivity contribution in [3.05, 3.63) is 58.1 Å².